The average Bonchev–Trinajstić information content (AvgIpc) is 2.54. The molecule has 2 aromatic rings. The van der Waals surface area contributed by atoms with Crippen molar-refractivity contribution in [2.75, 3.05) is 36.9 Å². The van der Waals surface area contributed by atoms with Crippen molar-refractivity contribution in [1.29, 1.82) is 0 Å². The number of fused-ring (bicyclic) bond motifs is 1. The maximum absolute atomic E-state index is 12.5. The Bertz CT molecular complexity index is 870. The van der Waals surface area contributed by atoms with Gasteiger partial charge in [-0.3, -0.25) is 4.72 Å². The summed E-state index contributed by atoms with van der Waals surface area (Å²) in [4.78, 5) is 2.12. The quantitative estimate of drug-likeness (QED) is 0.898. The Balaban J connectivity index is 1.88. The van der Waals surface area contributed by atoms with Crippen LogP contribution in [0.1, 0.15) is 0 Å². The highest BCUT2D eigenvalue weighted by Crippen LogP contribution is 2.34. The van der Waals surface area contributed by atoms with Gasteiger partial charge in [0.1, 0.15) is 18.1 Å². The normalized spacial score (nSPS) is 13.9. The fourth-order valence-electron chi connectivity index (χ4n) is 2.45. The number of nitrogens with one attached hydrogen (secondary N) is 1. The monoisotopic (exact) mass is 368 g/mol. The van der Waals surface area contributed by atoms with Gasteiger partial charge in [-0.25, -0.2) is 8.42 Å². The minimum Gasteiger partial charge on any atom is -0.495 e. The first-order valence-corrected chi connectivity index (χ1v) is 9.11. The molecular formula is C16H17ClN2O4S. The van der Waals surface area contributed by atoms with E-state index >= 15 is 0 Å². The van der Waals surface area contributed by atoms with Gasteiger partial charge in [-0.1, -0.05) is 11.6 Å². The largest absolute Gasteiger partial charge is 0.495 e. The maximum atomic E-state index is 12.5. The van der Waals surface area contributed by atoms with Crippen LogP contribution in [0.5, 0.6) is 11.5 Å². The Morgan fingerprint density at radius 1 is 1.25 bits per heavy atom. The lowest BCUT2D eigenvalue weighted by atomic mass is 10.2. The molecule has 0 bridgehead atoms. The number of anilines is 2. The van der Waals surface area contributed by atoms with Crippen LogP contribution in [0.4, 0.5) is 11.4 Å². The molecule has 8 heteroatoms. The molecule has 0 spiro atoms. The molecule has 0 unspecified atom stereocenters. The molecule has 0 saturated carbocycles. The van der Waals surface area contributed by atoms with Crippen LogP contribution >= 0.6 is 11.6 Å². The minimum atomic E-state index is -3.76. The summed E-state index contributed by atoms with van der Waals surface area (Å²) in [6, 6.07) is 9.51. The van der Waals surface area contributed by atoms with Crippen molar-refractivity contribution >= 4 is 33.0 Å². The average molecular weight is 369 g/mol. The first-order valence-electron chi connectivity index (χ1n) is 7.25. The summed E-state index contributed by atoms with van der Waals surface area (Å²) < 4.78 is 38.2. The number of sulfonamides is 1. The topological polar surface area (TPSA) is 67.9 Å². The highest BCUT2D eigenvalue weighted by Gasteiger charge is 2.19. The Kier molecular flexibility index (Phi) is 4.47. The summed E-state index contributed by atoms with van der Waals surface area (Å²) in [6.07, 6.45) is 0. The van der Waals surface area contributed by atoms with E-state index in [4.69, 9.17) is 21.1 Å². The van der Waals surface area contributed by atoms with Crippen molar-refractivity contribution < 1.29 is 17.9 Å². The van der Waals surface area contributed by atoms with Gasteiger partial charge >= 0.3 is 0 Å². The SMILES string of the molecule is COc1ccc(S(=O)(=O)Nc2ccc3c(c2)OCCN3C)cc1Cl. The molecule has 3 rings (SSSR count). The van der Waals surface area contributed by atoms with Crippen molar-refractivity contribution in [3.8, 4) is 11.5 Å². The smallest absolute Gasteiger partial charge is 0.261 e. The third kappa shape index (κ3) is 3.22. The van der Waals surface area contributed by atoms with E-state index in [0.717, 1.165) is 12.2 Å². The van der Waals surface area contributed by atoms with E-state index in [-0.39, 0.29) is 9.92 Å². The first kappa shape index (κ1) is 16.7. The van der Waals surface area contributed by atoms with E-state index in [0.29, 0.717) is 23.8 Å². The van der Waals surface area contributed by atoms with E-state index in [1.54, 1.807) is 12.1 Å². The van der Waals surface area contributed by atoms with Crippen molar-refractivity contribution in [1.82, 2.24) is 0 Å². The molecule has 0 aromatic heterocycles. The molecule has 1 heterocycles. The molecule has 128 valence electrons. The van der Waals surface area contributed by atoms with Gasteiger partial charge in [0.25, 0.3) is 10.0 Å². The lowest BCUT2D eigenvalue weighted by Gasteiger charge is -2.28. The summed E-state index contributed by atoms with van der Waals surface area (Å²) >= 11 is 6.01. The van der Waals surface area contributed by atoms with Crippen LogP contribution in [0.25, 0.3) is 0 Å². The van der Waals surface area contributed by atoms with Crippen LogP contribution in [0.3, 0.4) is 0 Å². The number of hydrogen-bond acceptors (Lipinski definition) is 5. The minimum absolute atomic E-state index is 0.0593. The molecule has 2 aromatic carbocycles. The van der Waals surface area contributed by atoms with Gasteiger partial charge in [-0.05, 0) is 30.3 Å². The van der Waals surface area contributed by atoms with Crippen LogP contribution < -0.4 is 19.1 Å². The molecule has 0 amide bonds. The third-order valence-corrected chi connectivity index (χ3v) is 5.42. The van der Waals surface area contributed by atoms with Gasteiger partial charge in [-0.2, -0.15) is 0 Å². The molecule has 0 fully saturated rings. The molecule has 0 saturated heterocycles. The number of halogens is 1. The maximum Gasteiger partial charge on any atom is 0.261 e. The molecule has 0 aliphatic carbocycles. The highest BCUT2D eigenvalue weighted by atomic mass is 35.5. The number of ether oxygens (including phenoxy) is 2. The standard InChI is InChI=1S/C16H17ClN2O4S/c1-19-7-8-23-16-9-11(3-5-14(16)19)18-24(20,21)12-4-6-15(22-2)13(17)10-12/h3-6,9-10,18H,7-8H2,1-2H3. The van der Waals surface area contributed by atoms with Crippen LogP contribution in [-0.4, -0.2) is 35.7 Å². The fourth-order valence-corrected chi connectivity index (χ4v) is 3.85. The summed E-state index contributed by atoms with van der Waals surface area (Å²) in [5, 5.41) is 0.232. The Hall–Kier alpha value is -2.12. The van der Waals surface area contributed by atoms with E-state index in [1.165, 1.54) is 25.3 Å². The third-order valence-electron chi connectivity index (χ3n) is 3.74. The van der Waals surface area contributed by atoms with E-state index in [1.807, 2.05) is 13.1 Å². The zero-order valence-corrected chi connectivity index (χ0v) is 14.8. The van der Waals surface area contributed by atoms with E-state index in [9.17, 15) is 8.42 Å². The second kappa shape index (κ2) is 6.41. The van der Waals surface area contributed by atoms with Gasteiger partial charge in [-0.15, -0.1) is 0 Å². The molecule has 6 nitrogen and oxygen atoms in total. The second-order valence-electron chi connectivity index (χ2n) is 5.35. The molecule has 24 heavy (non-hydrogen) atoms. The number of hydrogen-bond donors (Lipinski definition) is 1. The van der Waals surface area contributed by atoms with Crippen molar-refractivity contribution in [2.24, 2.45) is 0 Å². The summed E-state index contributed by atoms with van der Waals surface area (Å²) in [5.74, 6) is 1.07. The molecular weight excluding hydrogens is 352 g/mol. The van der Waals surface area contributed by atoms with Gasteiger partial charge in [0.15, 0.2) is 0 Å². The predicted octanol–water partition coefficient (Wildman–Crippen LogP) is 2.98. The van der Waals surface area contributed by atoms with Crippen LogP contribution in [-0.2, 0) is 10.0 Å². The lowest BCUT2D eigenvalue weighted by molar-refractivity contribution is 0.311. The van der Waals surface area contributed by atoms with E-state index < -0.39 is 10.0 Å². The van der Waals surface area contributed by atoms with Crippen molar-refractivity contribution in [2.45, 2.75) is 4.90 Å². The number of rotatable bonds is 4. The Labute approximate surface area is 146 Å². The zero-order chi connectivity index (χ0) is 17.3. The first-order chi connectivity index (χ1) is 11.4. The molecule has 0 atom stereocenters. The summed E-state index contributed by atoms with van der Waals surface area (Å²) in [5.41, 5.74) is 1.35. The molecule has 1 aliphatic rings. The number of nitrogens with zero attached hydrogens (tertiary/aromatic N) is 1. The van der Waals surface area contributed by atoms with Crippen molar-refractivity contribution in [3.63, 3.8) is 0 Å². The summed E-state index contributed by atoms with van der Waals surface area (Å²) in [6.45, 7) is 1.36. The van der Waals surface area contributed by atoms with Gasteiger partial charge in [0.05, 0.1) is 34.9 Å². The van der Waals surface area contributed by atoms with E-state index in [2.05, 4.69) is 9.62 Å². The highest BCUT2D eigenvalue weighted by molar-refractivity contribution is 7.92. The van der Waals surface area contributed by atoms with Crippen LogP contribution in [0.2, 0.25) is 5.02 Å². The fraction of sp³-hybridized carbons (Fsp3) is 0.250. The van der Waals surface area contributed by atoms with Crippen LogP contribution in [0, 0.1) is 0 Å². The van der Waals surface area contributed by atoms with Gasteiger partial charge < -0.3 is 14.4 Å². The zero-order valence-electron chi connectivity index (χ0n) is 13.2. The summed E-state index contributed by atoms with van der Waals surface area (Å²) in [7, 11) is -0.327. The van der Waals surface area contributed by atoms with Gasteiger partial charge in [0.2, 0.25) is 0 Å². The predicted molar refractivity (Wildman–Crippen MR) is 94.0 cm³/mol. The van der Waals surface area contributed by atoms with Crippen LogP contribution in [0.15, 0.2) is 41.3 Å². The number of methoxy groups -OCH3 is 1. The lowest BCUT2D eigenvalue weighted by Crippen LogP contribution is -2.28. The molecule has 1 N–H and O–H groups in total. The second-order valence-corrected chi connectivity index (χ2v) is 7.44. The Morgan fingerprint density at radius 2 is 2.04 bits per heavy atom. The molecule has 1 aliphatic heterocycles. The van der Waals surface area contributed by atoms with Crippen molar-refractivity contribution in [3.05, 3.63) is 41.4 Å². The Morgan fingerprint density at radius 3 is 2.75 bits per heavy atom. The molecule has 0 radical (unpaired) electrons. The number of likely N-dealkylation sites (N-methyl/N-ethyl adjacent to an activating group) is 1. The number of benzene rings is 2. The van der Waals surface area contributed by atoms with Gasteiger partial charge in [0, 0.05) is 13.1 Å².